The Kier molecular flexibility index (Phi) is 4.21. The molecule has 1 aliphatic heterocycles. The van der Waals surface area contributed by atoms with E-state index >= 15 is 0 Å². The number of carbonyl (C=O) groups excluding carboxylic acids is 1. The zero-order valence-corrected chi connectivity index (χ0v) is 13.5. The van der Waals surface area contributed by atoms with E-state index in [1.165, 1.54) is 0 Å². The number of halogens is 1. The molecule has 0 saturated carbocycles. The maximum atomic E-state index is 11.9. The SMILES string of the molecule is O=C(CCNc1nc2cc(Br)ccc2s1)N1CCCC1. The minimum absolute atomic E-state index is 0.249. The van der Waals surface area contributed by atoms with Gasteiger partial charge in [-0.25, -0.2) is 4.98 Å². The molecule has 6 heteroatoms. The number of nitrogens with one attached hydrogen (secondary N) is 1. The largest absolute Gasteiger partial charge is 0.361 e. The van der Waals surface area contributed by atoms with Crippen molar-refractivity contribution in [2.45, 2.75) is 19.3 Å². The van der Waals surface area contributed by atoms with E-state index < -0.39 is 0 Å². The Balaban J connectivity index is 1.55. The van der Waals surface area contributed by atoms with Crippen LogP contribution in [0.5, 0.6) is 0 Å². The molecule has 3 rings (SSSR count). The molecule has 0 unspecified atom stereocenters. The summed E-state index contributed by atoms with van der Waals surface area (Å²) in [5.74, 6) is 0.249. The molecule has 0 radical (unpaired) electrons. The first-order valence-electron chi connectivity index (χ1n) is 6.80. The Bertz CT molecular complexity index is 622. The van der Waals surface area contributed by atoms with E-state index in [0.29, 0.717) is 13.0 Å². The average Bonchev–Trinajstić information content (AvgIpc) is 3.06. The summed E-state index contributed by atoms with van der Waals surface area (Å²) in [7, 11) is 0. The number of amides is 1. The normalized spacial score (nSPS) is 14.9. The molecule has 1 aromatic heterocycles. The third-order valence-corrected chi connectivity index (χ3v) is 4.91. The van der Waals surface area contributed by atoms with E-state index in [9.17, 15) is 4.79 Å². The lowest BCUT2D eigenvalue weighted by atomic mass is 10.3. The minimum Gasteiger partial charge on any atom is -0.361 e. The van der Waals surface area contributed by atoms with Crippen LogP contribution in [-0.4, -0.2) is 35.4 Å². The van der Waals surface area contributed by atoms with Crippen molar-refractivity contribution in [1.82, 2.24) is 9.88 Å². The van der Waals surface area contributed by atoms with Gasteiger partial charge in [0.05, 0.1) is 10.2 Å². The van der Waals surface area contributed by atoms with Gasteiger partial charge >= 0.3 is 0 Å². The molecular formula is C14H16BrN3OS. The van der Waals surface area contributed by atoms with Crippen molar-refractivity contribution in [3.05, 3.63) is 22.7 Å². The standard InChI is InChI=1S/C14H16BrN3OS/c15-10-3-4-12-11(9-10)17-14(20-12)16-6-5-13(19)18-7-1-2-8-18/h3-4,9H,1-2,5-8H2,(H,16,17). The van der Waals surface area contributed by atoms with Gasteiger partial charge in [-0.3, -0.25) is 4.79 Å². The highest BCUT2D eigenvalue weighted by molar-refractivity contribution is 9.10. The van der Waals surface area contributed by atoms with E-state index in [0.717, 1.165) is 45.8 Å². The van der Waals surface area contributed by atoms with E-state index in [4.69, 9.17) is 0 Å². The van der Waals surface area contributed by atoms with Gasteiger partial charge in [0.15, 0.2) is 5.13 Å². The Hall–Kier alpha value is -1.14. The fourth-order valence-electron chi connectivity index (χ4n) is 2.38. The van der Waals surface area contributed by atoms with E-state index in [2.05, 4.69) is 32.3 Å². The number of likely N-dealkylation sites (tertiary alicyclic amines) is 1. The number of thiazole rings is 1. The van der Waals surface area contributed by atoms with Crippen molar-refractivity contribution >= 4 is 48.5 Å². The summed E-state index contributed by atoms with van der Waals surface area (Å²) in [6, 6.07) is 6.07. The second-order valence-corrected chi connectivity index (χ2v) is 6.84. The van der Waals surface area contributed by atoms with E-state index in [-0.39, 0.29) is 5.91 Å². The number of fused-ring (bicyclic) bond motifs is 1. The van der Waals surface area contributed by atoms with E-state index in [1.807, 2.05) is 17.0 Å². The van der Waals surface area contributed by atoms with Crippen LogP contribution in [0.15, 0.2) is 22.7 Å². The second-order valence-electron chi connectivity index (χ2n) is 4.90. The minimum atomic E-state index is 0.249. The first-order valence-corrected chi connectivity index (χ1v) is 8.41. The van der Waals surface area contributed by atoms with Crippen LogP contribution in [0.2, 0.25) is 0 Å². The Morgan fingerprint density at radius 3 is 3.00 bits per heavy atom. The number of anilines is 1. The van der Waals surface area contributed by atoms with Crippen molar-refractivity contribution in [3.63, 3.8) is 0 Å². The molecule has 1 N–H and O–H groups in total. The molecule has 20 heavy (non-hydrogen) atoms. The van der Waals surface area contributed by atoms with Crippen molar-refractivity contribution in [2.75, 3.05) is 25.0 Å². The summed E-state index contributed by atoms with van der Waals surface area (Å²) in [5.41, 5.74) is 0.984. The van der Waals surface area contributed by atoms with Crippen molar-refractivity contribution in [1.29, 1.82) is 0 Å². The van der Waals surface area contributed by atoms with Crippen LogP contribution in [0.3, 0.4) is 0 Å². The summed E-state index contributed by atoms with van der Waals surface area (Å²) in [5, 5.41) is 4.13. The highest BCUT2D eigenvalue weighted by Crippen LogP contribution is 2.28. The maximum Gasteiger partial charge on any atom is 0.224 e. The molecule has 106 valence electrons. The molecule has 1 amide bonds. The quantitative estimate of drug-likeness (QED) is 0.914. The number of benzene rings is 1. The molecule has 1 aliphatic rings. The number of hydrogen-bond acceptors (Lipinski definition) is 4. The average molecular weight is 354 g/mol. The number of rotatable bonds is 4. The fraction of sp³-hybridized carbons (Fsp3) is 0.429. The van der Waals surface area contributed by atoms with Gasteiger partial charge in [0.2, 0.25) is 5.91 Å². The van der Waals surface area contributed by atoms with Crippen molar-refractivity contribution < 1.29 is 4.79 Å². The van der Waals surface area contributed by atoms with Gasteiger partial charge in [0, 0.05) is 30.5 Å². The van der Waals surface area contributed by atoms with Crippen molar-refractivity contribution in [2.24, 2.45) is 0 Å². The topological polar surface area (TPSA) is 45.2 Å². The van der Waals surface area contributed by atoms with Crippen LogP contribution in [0, 0.1) is 0 Å². The highest BCUT2D eigenvalue weighted by Gasteiger charge is 2.17. The molecule has 0 bridgehead atoms. The Morgan fingerprint density at radius 2 is 2.20 bits per heavy atom. The molecular weight excluding hydrogens is 338 g/mol. The summed E-state index contributed by atoms with van der Waals surface area (Å²) in [4.78, 5) is 18.4. The highest BCUT2D eigenvalue weighted by atomic mass is 79.9. The second kappa shape index (κ2) is 6.10. The molecule has 4 nitrogen and oxygen atoms in total. The van der Waals surface area contributed by atoms with Crippen LogP contribution in [-0.2, 0) is 4.79 Å². The third kappa shape index (κ3) is 3.12. The predicted molar refractivity (Wildman–Crippen MR) is 86.2 cm³/mol. The first kappa shape index (κ1) is 13.8. The number of hydrogen-bond donors (Lipinski definition) is 1. The smallest absolute Gasteiger partial charge is 0.224 e. The molecule has 2 aromatic rings. The van der Waals surface area contributed by atoms with Crippen LogP contribution in [0.25, 0.3) is 10.2 Å². The number of nitrogens with zero attached hydrogens (tertiary/aromatic N) is 2. The summed E-state index contributed by atoms with van der Waals surface area (Å²) < 4.78 is 2.19. The molecule has 1 saturated heterocycles. The van der Waals surface area contributed by atoms with Gasteiger partial charge < -0.3 is 10.2 Å². The summed E-state index contributed by atoms with van der Waals surface area (Å²) >= 11 is 5.07. The Morgan fingerprint density at radius 1 is 1.40 bits per heavy atom. The lowest BCUT2D eigenvalue weighted by Gasteiger charge is -2.14. The molecule has 0 atom stereocenters. The Labute approximate surface area is 130 Å². The molecule has 1 aromatic carbocycles. The molecule has 0 aliphatic carbocycles. The zero-order valence-electron chi connectivity index (χ0n) is 11.1. The monoisotopic (exact) mass is 353 g/mol. The first-order chi connectivity index (χ1) is 9.72. The molecule has 2 heterocycles. The third-order valence-electron chi connectivity index (χ3n) is 3.42. The van der Waals surface area contributed by atoms with Crippen molar-refractivity contribution in [3.8, 4) is 0 Å². The van der Waals surface area contributed by atoms with Gasteiger partial charge in [-0.05, 0) is 31.0 Å². The number of carbonyl (C=O) groups is 1. The van der Waals surface area contributed by atoms with Gasteiger partial charge in [0.1, 0.15) is 0 Å². The lowest BCUT2D eigenvalue weighted by molar-refractivity contribution is -0.129. The number of aromatic nitrogens is 1. The van der Waals surface area contributed by atoms with Gasteiger partial charge in [-0.2, -0.15) is 0 Å². The van der Waals surface area contributed by atoms with Crippen LogP contribution in [0.4, 0.5) is 5.13 Å². The zero-order chi connectivity index (χ0) is 13.9. The van der Waals surface area contributed by atoms with Crippen LogP contribution < -0.4 is 5.32 Å². The van der Waals surface area contributed by atoms with Gasteiger partial charge in [-0.1, -0.05) is 27.3 Å². The van der Waals surface area contributed by atoms with Crippen LogP contribution in [0.1, 0.15) is 19.3 Å². The fourth-order valence-corrected chi connectivity index (χ4v) is 3.60. The summed E-state index contributed by atoms with van der Waals surface area (Å²) in [6.07, 6.45) is 2.83. The summed E-state index contributed by atoms with van der Waals surface area (Å²) in [6.45, 7) is 2.50. The van der Waals surface area contributed by atoms with Gasteiger partial charge in [-0.15, -0.1) is 0 Å². The maximum absolute atomic E-state index is 11.9. The van der Waals surface area contributed by atoms with Gasteiger partial charge in [0.25, 0.3) is 0 Å². The molecule has 1 fully saturated rings. The lowest BCUT2D eigenvalue weighted by Crippen LogP contribution is -2.29. The van der Waals surface area contributed by atoms with E-state index in [1.54, 1.807) is 11.3 Å². The predicted octanol–water partition coefficient (Wildman–Crippen LogP) is 3.48. The van der Waals surface area contributed by atoms with Crippen LogP contribution >= 0.6 is 27.3 Å². The molecule has 0 spiro atoms.